The predicted octanol–water partition coefficient (Wildman–Crippen LogP) is 4.23. The predicted molar refractivity (Wildman–Crippen MR) is 301 cm³/mol. The van der Waals surface area contributed by atoms with E-state index in [1.165, 1.54) is 47.8 Å². The summed E-state index contributed by atoms with van der Waals surface area (Å²) in [6, 6.07) is 8.48. The number of likely N-dealkylation sites (N-methyl/N-ethyl adjacent to an activating group) is 4. The van der Waals surface area contributed by atoms with E-state index in [1.807, 2.05) is 76.2 Å². The van der Waals surface area contributed by atoms with Gasteiger partial charge in [0.25, 0.3) is 5.91 Å². The van der Waals surface area contributed by atoms with Crippen LogP contribution in [-0.2, 0) is 60.7 Å². The van der Waals surface area contributed by atoms with Gasteiger partial charge in [0.2, 0.25) is 41.4 Å². The number of esters is 1. The van der Waals surface area contributed by atoms with Crippen LogP contribution in [0, 0.1) is 35.5 Å². The normalized spacial score (nSPS) is 27.0. The lowest BCUT2D eigenvalue weighted by Gasteiger charge is -2.38. The number of nitrogens with zero attached hydrogens (tertiary/aromatic N) is 5. The van der Waals surface area contributed by atoms with Crippen molar-refractivity contribution in [2.45, 2.75) is 176 Å². The fourth-order valence-electron chi connectivity index (χ4n) is 10.9. The average molecular weight is 1100 g/mol. The van der Waals surface area contributed by atoms with Crippen LogP contribution >= 0.6 is 0 Å². The van der Waals surface area contributed by atoms with Crippen molar-refractivity contribution in [3.63, 3.8) is 0 Å². The van der Waals surface area contributed by atoms with Crippen molar-refractivity contribution >= 4 is 53.2 Å². The first kappa shape index (κ1) is 65.2. The van der Waals surface area contributed by atoms with Crippen molar-refractivity contribution in [3.8, 4) is 0 Å². The van der Waals surface area contributed by atoms with E-state index < -0.39 is 150 Å². The lowest BCUT2D eigenvalue weighted by molar-refractivity contribution is -0.172. The minimum atomic E-state index is -1.48. The van der Waals surface area contributed by atoms with Crippen LogP contribution in [0.1, 0.15) is 119 Å². The summed E-state index contributed by atoms with van der Waals surface area (Å²) in [6.07, 6.45) is 0.506. The molecule has 19 heteroatoms. The van der Waals surface area contributed by atoms with Gasteiger partial charge in [0, 0.05) is 66.0 Å². The van der Waals surface area contributed by atoms with Crippen molar-refractivity contribution in [3.05, 3.63) is 71.8 Å². The smallest absolute Gasteiger partial charge is 0.330 e. The first-order chi connectivity index (χ1) is 37.3. The largest absolute Gasteiger partial charge is 0.450 e. The van der Waals surface area contributed by atoms with Crippen LogP contribution in [0.4, 0.5) is 0 Å². The van der Waals surface area contributed by atoms with E-state index in [0.29, 0.717) is 31.2 Å². The summed E-state index contributed by atoms with van der Waals surface area (Å²) in [6.45, 7) is 19.0. The minimum Gasteiger partial charge on any atom is -0.450 e. The number of carbonyl (C=O) groups is 9. The van der Waals surface area contributed by atoms with Gasteiger partial charge in [0.05, 0.1) is 0 Å². The quantitative estimate of drug-likeness (QED) is 0.196. The Hall–Kier alpha value is -6.37. The monoisotopic (exact) mass is 1100 g/mol. The highest BCUT2D eigenvalue weighted by atomic mass is 16.6. The number of aliphatic hydroxyl groups is 1. The fourth-order valence-corrected chi connectivity index (χ4v) is 10.9. The summed E-state index contributed by atoms with van der Waals surface area (Å²) >= 11 is 0. The van der Waals surface area contributed by atoms with E-state index in [1.54, 1.807) is 60.6 Å². The molecule has 2 heterocycles. The van der Waals surface area contributed by atoms with Crippen molar-refractivity contribution in [2.75, 3.05) is 41.3 Å². The Bertz CT molecular complexity index is 2410. The number of hydrogen-bond acceptors (Lipinski definition) is 11. The molecule has 438 valence electrons. The molecule has 0 spiro atoms. The Morgan fingerprint density at radius 1 is 0.519 bits per heavy atom. The number of nitrogens with one attached hydrogen (secondary N) is 3. The second kappa shape index (κ2) is 29.7. The molecule has 2 fully saturated rings. The molecule has 4 N–H and O–H groups in total. The van der Waals surface area contributed by atoms with Gasteiger partial charge in [0.1, 0.15) is 48.3 Å². The van der Waals surface area contributed by atoms with E-state index in [-0.39, 0.29) is 25.8 Å². The summed E-state index contributed by atoms with van der Waals surface area (Å²) in [5, 5.41) is 19.4. The molecule has 0 saturated carbocycles. The van der Waals surface area contributed by atoms with Crippen molar-refractivity contribution in [1.82, 2.24) is 40.4 Å². The van der Waals surface area contributed by atoms with Crippen LogP contribution in [0.15, 0.2) is 60.7 Å². The molecular weight excluding hydrogens is 1010 g/mol. The van der Waals surface area contributed by atoms with Crippen molar-refractivity contribution < 1.29 is 53.0 Å². The molecule has 79 heavy (non-hydrogen) atoms. The van der Waals surface area contributed by atoms with Gasteiger partial charge in [-0.05, 0) is 54.1 Å². The molecule has 19 nitrogen and oxygen atoms in total. The number of aliphatic hydroxyl groups excluding tert-OH is 1. The van der Waals surface area contributed by atoms with Gasteiger partial charge in [-0.3, -0.25) is 38.4 Å². The maximum absolute atomic E-state index is 15.3. The molecule has 2 aliphatic heterocycles. The molecule has 13 atom stereocenters. The summed E-state index contributed by atoms with van der Waals surface area (Å²) in [5.74, 6) is -9.58. The lowest BCUT2D eigenvalue weighted by Crippen LogP contribution is -2.62. The molecule has 8 amide bonds. The Labute approximate surface area is 469 Å². The van der Waals surface area contributed by atoms with Crippen LogP contribution in [0.25, 0.3) is 0 Å². The molecule has 2 aromatic carbocycles. The van der Waals surface area contributed by atoms with Gasteiger partial charge in [-0.15, -0.1) is 0 Å². The van der Waals surface area contributed by atoms with E-state index in [4.69, 9.17) is 4.74 Å². The van der Waals surface area contributed by atoms with E-state index in [2.05, 4.69) is 16.0 Å². The van der Waals surface area contributed by atoms with Gasteiger partial charge < -0.3 is 50.3 Å². The van der Waals surface area contributed by atoms with Crippen LogP contribution < -0.4 is 16.0 Å². The first-order valence-electron chi connectivity index (χ1n) is 28.4. The average Bonchev–Trinajstić information content (AvgIpc) is 3.96. The van der Waals surface area contributed by atoms with Crippen LogP contribution in [0.5, 0.6) is 0 Å². The van der Waals surface area contributed by atoms with Crippen molar-refractivity contribution in [1.29, 1.82) is 0 Å². The maximum Gasteiger partial charge on any atom is 0.330 e. The van der Waals surface area contributed by atoms with Gasteiger partial charge in [-0.2, -0.15) is 0 Å². The zero-order valence-corrected chi connectivity index (χ0v) is 49.6. The highest BCUT2D eigenvalue weighted by Crippen LogP contribution is 2.27. The third-order valence-corrected chi connectivity index (χ3v) is 16.5. The van der Waals surface area contributed by atoms with Crippen LogP contribution in [0.2, 0.25) is 0 Å². The standard InChI is InChI=1S/C60H92N8O11/c1-16-37(8)46-57(75)65(13)49(36(6)7)54(72)63-47(38(9)17-2)58(76)67(15)50(40(11)34-69)60(78)79-51(39(10)18-3)59(77)66(14)48(35(4)5)53(71)61-43(32-41-26-21-19-22-27-41)55(73)64(12)45(33-42-28-23-20-24-29-42)56(74)68-31-25-30-44(68)52(70)62-46/h19-24,26-29,35-40,43-51,69H,16-18,25,30-34H2,1-15H3,(H,61,71)(H,62,70)(H,63,72)/t37-,38-,39-,40?,43+,44+,45+,46+,47+,48+,49+,50+,51-/m1/s1. The molecule has 4 rings (SSSR count). The Balaban J connectivity index is 1.98. The second-order valence-corrected chi connectivity index (χ2v) is 22.9. The molecule has 1 unspecified atom stereocenters. The summed E-state index contributed by atoms with van der Waals surface area (Å²) < 4.78 is 6.14. The minimum absolute atomic E-state index is 0.000846. The fraction of sp³-hybridized carbons (Fsp3) is 0.650. The number of benzene rings is 2. The lowest BCUT2D eigenvalue weighted by atomic mass is 9.93. The number of carbonyl (C=O) groups excluding carboxylic acids is 9. The summed E-state index contributed by atoms with van der Waals surface area (Å²) in [5.41, 5.74) is 1.43. The van der Waals surface area contributed by atoms with Gasteiger partial charge in [-0.1, -0.05) is 150 Å². The molecule has 0 aliphatic carbocycles. The third kappa shape index (κ3) is 15.9. The second-order valence-electron chi connectivity index (χ2n) is 22.9. The topological polar surface area (TPSA) is 235 Å². The van der Waals surface area contributed by atoms with Gasteiger partial charge in [-0.25, -0.2) is 4.79 Å². The summed E-state index contributed by atoms with van der Waals surface area (Å²) in [7, 11) is 5.76. The molecule has 2 aliphatic rings. The van der Waals surface area contributed by atoms with E-state index >= 15 is 9.59 Å². The molecule has 0 radical (unpaired) electrons. The molecule has 2 aromatic rings. The van der Waals surface area contributed by atoms with Gasteiger partial charge in [0.15, 0.2) is 6.10 Å². The zero-order chi connectivity index (χ0) is 59.2. The zero-order valence-electron chi connectivity index (χ0n) is 49.6. The third-order valence-electron chi connectivity index (χ3n) is 16.5. The van der Waals surface area contributed by atoms with Crippen LogP contribution in [-0.4, -0.2) is 179 Å². The number of cyclic esters (lactones) is 1. The summed E-state index contributed by atoms with van der Waals surface area (Å²) in [4.78, 5) is 141. The Morgan fingerprint density at radius 3 is 1.43 bits per heavy atom. The van der Waals surface area contributed by atoms with E-state index in [0.717, 1.165) is 10.5 Å². The molecular formula is C60H92N8O11. The number of ether oxygens (including phenoxy) is 1. The Kier molecular flexibility index (Phi) is 24.5. The van der Waals surface area contributed by atoms with Gasteiger partial charge >= 0.3 is 5.97 Å². The number of fused-ring (bicyclic) bond motifs is 1. The number of rotatable bonds is 14. The molecule has 2 saturated heterocycles. The number of hydrogen-bond donors (Lipinski definition) is 4. The SMILES string of the molecule is CC[C@@H](C)[C@@H]1NC(=O)[C@@H]2CCCN2C(=O)[C@H](Cc2ccccc2)N(C)C(=O)[C@H](Cc2ccccc2)NC(=O)[C@H](C(C)C)N(C)C(=O)[C@@H]([C@H](C)CC)OC(=O)[C@H](C(C)CO)N(C)C(=O)[C@H]([C@H](C)CC)NC(=O)[C@H](C(C)C)N(C)C1=O. The maximum atomic E-state index is 15.3. The highest BCUT2D eigenvalue weighted by Gasteiger charge is 2.47. The first-order valence-corrected chi connectivity index (χ1v) is 28.4. The Morgan fingerprint density at radius 2 is 0.962 bits per heavy atom. The van der Waals surface area contributed by atoms with E-state index in [9.17, 15) is 38.7 Å². The molecule has 0 aromatic heterocycles. The molecule has 0 bridgehead atoms. The van der Waals surface area contributed by atoms with Crippen molar-refractivity contribution in [2.24, 2.45) is 35.5 Å². The number of amides is 8. The van der Waals surface area contributed by atoms with Crippen LogP contribution in [0.3, 0.4) is 0 Å². The highest BCUT2D eigenvalue weighted by molar-refractivity contribution is 5.99.